The van der Waals surface area contributed by atoms with Crippen LogP contribution >= 0.6 is 24.0 Å². The zero-order valence-electron chi connectivity index (χ0n) is 11.7. The van der Waals surface area contributed by atoms with Crippen molar-refractivity contribution in [2.24, 2.45) is 0 Å². The lowest BCUT2D eigenvalue weighted by molar-refractivity contribution is -0.305. The molecule has 0 bridgehead atoms. The van der Waals surface area contributed by atoms with Crippen LogP contribution in [-0.4, -0.2) is 37.4 Å². The maximum absolute atomic E-state index is 12.2. The Morgan fingerprint density at radius 3 is 2.78 bits per heavy atom. The molecule has 0 unspecified atom stereocenters. The highest BCUT2D eigenvalue weighted by molar-refractivity contribution is 8.26. The first-order valence-electron chi connectivity index (χ1n) is 6.60. The molecular formula is C15H10N3O3S2-. The Balaban J connectivity index is 1.83. The molecular weight excluding hydrogens is 334 g/mol. The molecule has 1 amide bonds. The van der Waals surface area contributed by atoms with E-state index >= 15 is 0 Å². The molecule has 0 atom stereocenters. The topological polar surface area (TPSA) is 78.3 Å². The second kappa shape index (κ2) is 6.35. The molecule has 1 aromatic carbocycles. The van der Waals surface area contributed by atoms with Crippen LogP contribution in [0.3, 0.4) is 0 Å². The Morgan fingerprint density at radius 2 is 2.09 bits per heavy atom. The van der Waals surface area contributed by atoms with Gasteiger partial charge in [-0.2, -0.15) is 5.10 Å². The van der Waals surface area contributed by atoms with Crippen LogP contribution in [0.15, 0.2) is 47.6 Å². The van der Waals surface area contributed by atoms with Gasteiger partial charge >= 0.3 is 0 Å². The Labute approximate surface area is 141 Å². The Hall–Kier alpha value is -2.45. The van der Waals surface area contributed by atoms with Crippen molar-refractivity contribution in [2.75, 3.05) is 6.54 Å². The number of hydrogen-bond acceptors (Lipinski definition) is 6. The van der Waals surface area contributed by atoms with Gasteiger partial charge in [-0.25, -0.2) is 4.68 Å². The first-order chi connectivity index (χ1) is 11.0. The fourth-order valence-corrected chi connectivity index (χ4v) is 3.31. The quantitative estimate of drug-likeness (QED) is 0.604. The summed E-state index contributed by atoms with van der Waals surface area (Å²) in [6.45, 7) is -0.536. The number of benzene rings is 1. The molecule has 2 aromatic rings. The number of para-hydroxylation sites is 1. The molecule has 0 N–H and O–H groups in total. The van der Waals surface area contributed by atoms with Crippen LogP contribution in [0.25, 0.3) is 11.8 Å². The van der Waals surface area contributed by atoms with Crippen LogP contribution in [0.5, 0.6) is 0 Å². The fraction of sp³-hybridized carbons (Fsp3) is 0.0667. The third-order valence-electron chi connectivity index (χ3n) is 3.08. The summed E-state index contributed by atoms with van der Waals surface area (Å²) >= 11 is 6.09. The summed E-state index contributed by atoms with van der Waals surface area (Å²) in [4.78, 5) is 24.2. The molecule has 3 rings (SSSR count). The van der Waals surface area contributed by atoms with Crippen molar-refractivity contribution in [3.63, 3.8) is 0 Å². The lowest BCUT2D eigenvalue weighted by Crippen LogP contribution is -2.40. The third-order valence-corrected chi connectivity index (χ3v) is 4.46. The highest BCUT2D eigenvalue weighted by atomic mass is 32.2. The average Bonchev–Trinajstić information content (AvgIpc) is 3.09. The van der Waals surface area contributed by atoms with E-state index in [1.807, 2.05) is 30.3 Å². The van der Waals surface area contributed by atoms with Crippen LogP contribution in [-0.2, 0) is 9.59 Å². The fourth-order valence-electron chi connectivity index (χ4n) is 2.05. The highest BCUT2D eigenvalue weighted by Gasteiger charge is 2.31. The van der Waals surface area contributed by atoms with Gasteiger partial charge in [0.15, 0.2) is 0 Å². The van der Waals surface area contributed by atoms with Crippen LogP contribution in [0.4, 0.5) is 0 Å². The molecule has 1 aliphatic heterocycles. The number of carboxylic acid groups (broad SMARTS) is 1. The predicted molar refractivity (Wildman–Crippen MR) is 88.5 cm³/mol. The molecule has 2 heterocycles. The number of thioether (sulfide) groups is 1. The van der Waals surface area contributed by atoms with Crippen molar-refractivity contribution < 1.29 is 14.7 Å². The van der Waals surface area contributed by atoms with Crippen LogP contribution in [0, 0.1) is 0 Å². The Morgan fingerprint density at radius 1 is 1.35 bits per heavy atom. The van der Waals surface area contributed by atoms with Gasteiger partial charge in [0.05, 0.1) is 29.3 Å². The van der Waals surface area contributed by atoms with Gasteiger partial charge in [-0.1, -0.05) is 42.2 Å². The number of aliphatic carboxylic acids is 1. The van der Waals surface area contributed by atoms with E-state index in [4.69, 9.17) is 12.2 Å². The average molecular weight is 344 g/mol. The normalized spacial score (nSPS) is 16.3. The molecule has 23 heavy (non-hydrogen) atoms. The van der Waals surface area contributed by atoms with E-state index in [2.05, 4.69) is 5.10 Å². The van der Waals surface area contributed by atoms with Gasteiger partial charge in [0.25, 0.3) is 5.91 Å². The summed E-state index contributed by atoms with van der Waals surface area (Å²) in [5.74, 6) is -1.78. The number of carbonyl (C=O) groups excluding carboxylic acids is 2. The first kappa shape index (κ1) is 15.4. The van der Waals surface area contributed by atoms with Crippen LogP contribution in [0.2, 0.25) is 0 Å². The van der Waals surface area contributed by atoms with Crippen molar-refractivity contribution in [3.05, 3.63) is 53.2 Å². The summed E-state index contributed by atoms with van der Waals surface area (Å²) < 4.78 is 1.90. The molecule has 0 spiro atoms. The monoisotopic (exact) mass is 344 g/mol. The summed E-state index contributed by atoms with van der Waals surface area (Å²) in [5, 5.41) is 14.9. The second-order valence-electron chi connectivity index (χ2n) is 4.69. The minimum Gasteiger partial charge on any atom is -0.548 e. The minimum atomic E-state index is -1.35. The van der Waals surface area contributed by atoms with Crippen molar-refractivity contribution in [1.29, 1.82) is 0 Å². The number of nitrogens with zero attached hydrogens (tertiary/aromatic N) is 3. The zero-order chi connectivity index (χ0) is 16.4. The predicted octanol–water partition coefficient (Wildman–Crippen LogP) is 0.823. The molecule has 8 heteroatoms. The number of carbonyl (C=O) groups is 2. The molecule has 1 saturated heterocycles. The first-order valence-corrected chi connectivity index (χ1v) is 7.82. The van der Waals surface area contributed by atoms with Crippen molar-refractivity contribution in [3.8, 4) is 5.69 Å². The number of amides is 1. The van der Waals surface area contributed by atoms with Gasteiger partial charge in [0, 0.05) is 11.8 Å². The van der Waals surface area contributed by atoms with Crippen LogP contribution < -0.4 is 5.11 Å². The standard InChI is InChI=1S/C15H11N3O3S2/c19-13(20)9-17-14(21)12(23-15(17)22)6-10-7-16-18(8-10)11-4-2-1-3-5-11/h1-8H,9H2,(H,19,20)/p-1/b12-6+. The zero-order valence-corrected chi connectivity index (χ0v) is 13.3. The van der Waals surface area contributed by atoms with Gasteiger partial charge in [-0.15, -0.1) is 0 Å². The van der Waals surface area contributed by atoms with Crippen molar-refractivity contribution in [2.45, 2.75) is 0 Å². The van der Waals surface area contributed by atoms with E-state index in [1.54, 1.807) is 23.2 Å². The molecule has 0 radical (unpaired) electrons. The molecule has 116 valence electrons. The van der Waals surface area contributed by atoms with Crippen molar-refractivity contribution in [1.82, 2.24) is 14.7 Å². The van der Waals surface area contributed by atoms with Crippen molar-refractivity contribution >= 4 is 46.3 Å². The number of aromatic nitrogens is 2. The SMILES string of the molecule is O=C([O-])CN1C(=O)/C(=C\c2cnn(-c3ccccc3)c2)SC1=S. The van der Waals surface area contributed by atoms with E-state index in [1.165, 1.54) is 0 Å². The molecule has 6 nitrogen and oxygen atoms in total. The molecule has 1 aromatic heterocycles. The molecule has 1 aliphatic rings. The van der Waals surface area contributed by atoms with E-state index in [0.717, 1.165) is 27.9 Å². The molecule has 0 aliphatic carbocycles. The van der Waals surface area contributed by atoms with Crippen LogP contribution in [0.1, 0.15) is 5.56 Å². The lowest BCUT2D eigenvalue weighted by atomic mass is 10.3. The molecule has 1 fully saturated rings. The van der Waals surface area contributed by atoms with Gasteiger partial charge in [-0.05, 0) is 18.2 Å². The largest absolute Gasteiger partial charge is 0.548 e. The number of carboxylic acids is 1. The number of hydrogen-bond donors (Lipinski definition) is 0. The lowest BCUT2D eigenvalue weighted by Gasteiger charge is -2.14. The maximum Gasteiger partial charge on any atom is 0.266 e. The van der Waals surface area contributed by atoms with E-state index in [-0.39, 0.29) is 4.32 Å². The maximum atomic E-state index is 12.2. The van der Waals surface area contributed by atoms with E-state index in [0.29, 0.717) is 4.91 Å². The summed E-state index contributed by atoms with van der Waals surface area (Å²) in [6.07, 6.45) is 5.04. The number of thiocarbonyl (C=S) groups is 1. The molecule has 0 saturated carbocycles. The number of rotatable bonds is 4. The summed E-state index contributed by atoms with van der Waals surface area (Å²) in [7, 11) is 0. The van der Waals surface area contributed by atoms with Gasteiger partial charge in [0.1, 0.15) is 4.32 Å². The summed E-state index contributed by atoms with van der Waals surface area (Å²) in [6, 6.07) is 9.55. The highest BCUT2D eigenvalue weighted by Crippen LogP contribution is 2.32. The van der Waals surface area contributed by atoms with E-state index < -0.39 is 18.4 Å². The van der Waals surface area contributed by atoms with Gasteiger partial charge in [0.2, 0.25) is 0 Å². The second-order valence-corrected chi connectivity index (χ2v) is 6.37. The smallest absolute Gasteiger partial charge is 0.266 e. The summed E-state index contributed by atoms with van der Waals surface area (Å²) in [5.41, 5.74) is 1.62. The minimum absolute atomic E-state index is 0.209. The van der Waals surface area contributed by atoms with Gasteiger partial charge < -0.3 is 9.90 Å². The van der Waals surface area contributed by atoms with Gasteiger partial charge in [-0.3, -0.25) is 9.69 Å². The Kier molecular flexibility index (Phi) is 4.26. The Bertz CT molecular complexity index is 814. The van der Waals surface area contributed by atoms with E-state index in [9.17, 15) is 14.7 Å². The third kappa shape index (κ3) is 3.33.